The van der Waals surface area contributed by atoms with Crippen molar-refractivity contribution in [2.75, 3.05) is 0 Å². The largest absolute Gasteiger partial charge is 0.476 e. The fourth-order valence-corrected chi connectivity index (χ4v) is 1.49. The topological polar surface area (TPSA) is 59.0 Å². The van der Waals surface area contributed by atoms with Crippen LogP contribution in [0.15, 0.2) is 24.3 Å². The van der Waals surface area contributed by atoms with E-state index >= 15 is 0 Å². The number of ether oxygens (including phenoxy) is 1. The fourth-order valence-electron chi connectivity index (χ4n) is 1.49. The molecule has 0 heterocycles. The van der Waals surface area contributed by atoms with E-state index in [4.69, 9.17) is 15.7 Å². The third-order valence-corrected chi connectivity index (χ3v) is 2.60. The first kappa shape index (κ1) is 13.5. The smallest absolute Gasteiger partial charge is 0.184 e. The number of hydrogen-bond acceptors (Lipinski definition) is 3. The lowest BCUT2D eigenvalue weighted by molar-refractivity contribution is 0.252. The molecule has 1 aromatic rings. The molecule has 2 unspecified atom stereocenters. The van der Waals surface area contributed by atoms with Gasteiger partial charge < -0.3 is 10.5 Å². The Morgan fingerprint density at radius 2 is 2.00 bits per heavy atom. The Kier molecular flexibility index (Phi) is 5.51. The Morgan fingerprint density at radius 3 is 2.47 bits per heavy atom. The van der Waals surface area contributed by atoms with Crippen molar-refractivity contribution >= 4 is 0 Å². The molecule has 1 aromatic carbocycles. The summed E-state index contributed by atoms with van der Waals surface area (Å²) in [6.07, 6.45) is 2.30. The molecule has 0 saturated carbocycles. The minimum Gasteiger partial charge on any atom is -0.476 e. The van der Waals surface area contributed by atoms with Gasteiger partial charge in [0.1, 0.15) is 11.8 Å². The van der Waals surface area contributed by atoms with Crippen LogP contribution in [0, 0.1) is 11.3 Å². The van der Waals surface area contributed by atoms with Crippen LogP contribution < -0.4 is 10.5 Å². The van der Waals surface area contributed by atoms with Gasteiger partial charge in [0.05, 0.1) is 0 Å². The van der Waals surface area contributed by atoms with Crippen molar-refractivity contribution < 1.29 is 4.74 Å². The van der Waals surface area contributed by atoms with E-state index in [0.29, 0.717) is 6.42 Å². The SMILES string of the molecule is CCC(C#N)Oc1ccc(CCC(C)N)cc1. The summed E-state index contributed by atoms with van der Waals surface area (Å²) >= 11 is 0. The Labute approximate surface area is 103 Å². The summed E-state index contributed by atoms with van der Waals surface area (Å²) in [6, 6.07) is 10.2. The van der Waals surface area contributed by atoms with E-state index in [1.807, 2.05) is 38.1 Å². The summed E-state index contributed by atoms with van der Waals surface area (Å²) in [5.74, 6) is 0.753. The summed E-state index contributed by atoms with van der Waals surface area (Å²) in [6.45, 7) is 3.95. The predicted octanol–water partition coefficient (Wildman–Crippen LogP) is 2.65. The van der Waals surface area contributed by atoms with Gasteiger partial charge in [-0.15, -0.1) is 0 Å². The Bertz CT molecular complexity index is 365. The van der Waals surface area contributed by atoms with Gasteiger partial charge in [-0.1, -0.05) is 19.1 Å². The molecule has 2 atom stereocenters. The quantitative estimate of drug-likeness (QED) is 0.820. The van der Waals surface area contributed by atoms with Crippen LogP contribution in [0.5, 0.6) is 5.75 Å². The van der Waals surface area contributed by atoms with Gasteiger partial charge in [0.15, 0.2) is 6.10 Å². The van der Waals surface area contributed by atoms with Crippen LogP contribution in [0.3, 0.4) is 0 Å². The number of hydrogen-bond donors (Lipinski definition) is 1. The molecule has 3 nitrogen and oxygen atoms in total. The lowest BCUT2D eigenvalue weighted by Gasteiger charge is -2.11. The fraction of sp³-hybridized carbons (Fsp3) is 0.500. The van der Waals surface area contributed by atoms with Gasteiger partial charge in [-0.05, 0) is 43.9 Å². The van der Waals surface area contributed by atoms with Gasteiger partial charge in [-0.3, -0.25) is 0 Å². The van der Waals surface area contributed by atoms with E-state index in [-0.39, 0.29) is 12.1 Å². The summed E-state index contributed by atoms with van der Waals surface area (Å²) in [5.41, 5.74) is 6.96. The number of rotatable bonds is 6. The zero-order valence-electron chi connectivity index (χ0n) is 10.5. The summed E-state index contributed by atoms with van der Waals surface area (Å²) in [7, 11) is 0. The molecule has 0 fully saturated rings. The van der Waals surface area contributed by atoms with Crippen LogP contribution in [0.1, 0.15) is 32.3 Å². The molecule has 0 aliphatic rings. The number of nitrogens with two attached hydrogens (primary N) is 1. The summed E-state index contributed by atoms with van der Waals surface area (Å²) < 4.78 is 5.51. The molecule has 0 saturated heterocycles. The molecule has 92 valence electrons. The zero-order valence-corrected chi connectivity index (χ0v) is 10.5. The molecule has 0 aliphatic heterocycles. The highest BCUT2D eigenvalue weighted by molar-refractivity contribution is 5.28. The highest BCUT2D eigenvalue weighted by atomic mass is 16.5. The van der Waals surface area contributed by atoms with Gasteiger partial charge in [0, 0.05) is 6.04 Å². The lowest BCUT2D eigenvalue weighted by atomic mass is 10.1. The molecule has 0 radical (unpaired) electrons. The maximum absolute atomic E-state index is 8.80. The molecule has 1 rings (SSSR count). The van der Waals surface area contributed by atoms with Crippen molar-refractivity contribution in [3.63, 3.8) is 0 Å². The van der Waals surface area contributed by atoms with E-state index in [0.717, 1.165) is 18.6 Å². The molecule has 17 heavy (non-hydrogen) atoms. The monoisotopic (exact) mass is 232 g/mol. The Morgan fingerprint density at radius 1 is 1.35 bits per heavy atom. The highest BCUT2D eigenvalue weighted by Crippen LogP contribution is 2.15. The summed E-state index contributed by atoms with van der Waals surface area (Å²) in [5, 5.41) is 8.80. The first-order chi connectivity index (χ1) is 8.15. The number of nitriles is 1. The van der Waals surface area contributed by atoms with E-state index in [1.165, 1.54) is 5.56 Å². The average Bonchev–Trinajstić information content (AvgIpc) is 2.34. The van der Waals surface area contributed by atoms with Crippen LogP contribution in [0.25, 0.3) is 0 Å². The highest BCUT2D eigenvalue weighted by Gasteiger charge is 2.05. The van der Waals surface area contributed by atoms with E-state index in [2.05, 4.69) is 6.07 Å². The van der Waals surface area contributed by atoms with Crippen LogP contribution >= 0.6 is 0 Å². The van der Waals surface area contributed by atoms with Gasteiger partial charge in [0.2, 0.25) is 0 Å². The molecule has 0 aliphatic carbocycles. The maximum atomic E-state index is 8.80. The Balaban J connectivity index is 2.53. The van der Waals surface area contributed by atoms with Crippen LogP contribution in [-0.4, -0.2) is 12.1 Å². The second kappa shape index (κ2) is 6.93. The van der Waals surface area contributed by atoms with Crippen molar-refractivity contribution in [3.05, 3.63) is 29.8 Å². The molecule has 2 N–H and O–H groups in total. The van der Waals surface area contributed by atoms with Crippen LogP contribution in [0.4, 0.5) is 0 Å². The van der Waals surface area contributed by atoms with Gasteiger partial charge in [-0.2, -0.15) is 5.26 Å². The standard InChI is InChI=1S/C14H20N2O/c1-3-13(10-15)17-14-8-6-12(7-9-14)5-4-11(2)16/h6-9,11,13H,3-5,16H2,1-2H3. The number of aryl methyl sites for hydroxylation is 1. The zero-order chi connectivity index (χ0) is 12.7. The van der Waals surface area contributed by atoms with Crippen molar-refractivity contribution in [2.45, 2.75) is 45.3 Å². The molecule has 3 heteroatoms. The van der Waals surface area contributed by atoms with E-state index in [9.17, 15) is 0 Å². The van der Waals surface area contributed by atoms with E-state index in [1.54, 1.807) is 0 Å². The van der Waals surface area contributed by atoms with Crippen LogP contribution in [-0.2, 0) is 6.42 Å². The molecule has 0 bridgehead atoms. The van der Waals surface area contributed by atoms with Crippen molar-refractivity contribution in [2.24, 2.45) is 5.73 Å². The summed E-state index contributed by atoms with van der Waals surface area (Å²) in [4.78, 5) is 0. The molecule has 0 spiro atoms. The molecule has 0 amide bonds. The first-order valence-corrected chi connectivity index (χ1v) is 6.06. The average molecular weight is 232 g/mol. The second-order valence-corrected chi connectivity index (χ2v) is 4.30. The van der Waals surface area contributed by atoms with Crippen molar-refractivity contribution in [3.8, 4) is 11.8 Å². The van der Waals surface area contributed by atoms with Crippen LogP contribution in [0.2, 0.25) is 0 Å². The minimum absolute atomic E-state index is 0.231. The number of benzene rings is 1. The van der Waals surface area contributed by atoms with Gasteiger partial charge in [0.25, 0.3) is 0 Å². The predicted molar refractivity (Wildman–Crippen MR) is 68.7 cm³/mol. The van der Waals surface area contributed by atoms with Crippen molar-refractivity contribution in [1.29, 1.82) is 5.26 Å². The molecular formula is C14H20N2O. The van der Waals surface area contributed by atoms with Gasteiger partial charge >= 0.3 is 0 Å². The second-order valence-electron chi connectivity index (χ2n) is 4.30. The maximum Gasteiger partial charge on any atom is 0.184 e. The first-order valence-electron chi connectivity index (χ1n) is 6.06. The number of nitrogens with zero attached hydrogens (tertiary/aromatic N) is 1. The lowest BCUT2D eigenvalue weighted by Crippen LogP contribution is -2.15. The third kappa shape index (κ3) is 4.88. The van der Waals surface area contributed by atoms with E-state index < -0.39 is 0 Å². The van der Waals surface area contributed by atoms with Gasteiger partial charge in [-0.25, -0.2) is 0 Å². The third-order valence-electron chi connectivity index (χ3n) is 2.60. The molecule has 0 aromatic heterocycles. The minimum atomic E-state index is -0.357. The normalized spacial score (nSPS) is 13.8. The van der Waals surface area contributed by atoms with Crippen molar-refractivity contribution in [1.82, 2.24) is 0 Å². The Hall–Kier alpha value is -1.53. The molecular weight excluding hydrogens is 212 g/mol.